The molecule has 3 aromatic rings. The van der Waals surface area contributed by atoms with Crippen LogP contribution in [-0.2, 0) is 11.3 Å². The smallest absolute Gasteiger partial charge is 0.227 e. The van der Waals surface area contributed by atoms with Crippen molar-refractivity contribution >= 4 is 17.3 Å². The van der Waals surface area contributed by atoms with Crippen LogP contribution in [0.1, 0.15) is 17.8 Å². The quantitative estimate of drug-likeness (QED) is 0.513. The molecule has 0 aromatic carbocycles. The van der Waals surface area contributed by atoms with Crippen LogP contribution in [0.3, 0.4) is 0 Å². The van der Waals surface area contributed by atoms with Gasteiger partial charge in [0.2, 0.25) is 5.95 Å². The second-order valence-corrected chi connectivity index (χ2v) is 8.17. The Balaban J connectivity index is 1.45. The molecule has 4 heterocycles. The molecule has 0 saturated carbocycles. The highest BCUT2D eigenvalue weighted by molar-refractivity contribution is 5.65. The monoisotopic (exact) mass is 462 g/mol. The fourth-order valence-electron chi connectivity index (χ4n) is 3.75. The summed E-state index contributed by atoms with van der Waals surface area (Å²) >= 11 is 0. The Kier molecular flexibility index (Phi) is 7.57. The molecule has 1 saturated heterocycles. The molecule has 9 nitrogen and oxygen atoms in total. The molecule has 3 aromatic heterocycles. The average Bonchev–Trinajstić information content (AvgIpc) is 3.29. The third kappa shape index (κ3) is 5.81. The van der Waals surface area contributed by atoms with Crippen LogP contribution in [0.5, 0.6) is 0 Å². The Morgan fingerprint density at radius 3 is 2.76 bits per heavy atom. The lowest BCUT2D eigenvalue weighted by Gasteiger charge is -2.18. The fraction of sp³-hybridized carbons (Fsp3) is 0.375. The van der Waals surface area contributed by atoms with Crippen LogP contribution in [0, 0.1) is 11.3 Å². The molecule has 0 aliphatic carbocycles. The Morgan fingerprint density at radius 2 is 2.06 bits per heavy atom. The van der Waals surface area contributed by atoms with E-state index in [0.717, 1.165) is 24.5 Å². The van der Waals surface area contributed by atoms with Gasteiger partial charge in [0.05, 0.1) is 41.3 Å². The van der Waals surface area contributed by atoms with Crippen molar-refractivity contribution in [2.75, 3.05) is 50.6 Å². The van der Waals surface area contributed by atoms with E-state index in [1.165, 1.54) is 0 Å². The molecule has 1 fully saturated rings. The molecule has 1 atom stereocenters. The van der Waals surface area contributed by atoms with Crippen LogP contribution in [-0.4, -0.2) is 71.4 Å². The number of anilines is 3. The molecule has 1 N–H and O–H groups in total. The van der Waals surface area contributed by atoms with E-state index >= 15 is 0 Å². The van der Waals surface area contributed by atoms with Crippen LogP contribution in [0.25, 0.3) is 11.4 Å². The summed E-state index contributed by atoms with van der Waals surface area (Å²) < 4.78 is 18.7. The lowest BCUT2D eigenvalue weighted by molar-refractivity contribution is 0.158. The number of aromatic nitrogens is 4. The van der Waals surface area contributed by atoms with Gasteiger partial charge in [0.25, 0.3) is 0 Å². The van der Waals surface area contributed by atoms with Crippen LogP contribution in [0.15, 0.2) is 42.7 Å². The number of nitriles is 1. The number of nitrogens with one attached hydrogen (secondary N) is 1. The lowest BCUT2D eigenvalue weighted by atomic mass is 10.2. The minimum Gasteiger partial charge on any atom is -0.383 e. The molecule has 0 bridgehead atoms. The van der Waals surface area contributed by atoms with E-state index in [9.17, 15) is 9.65 Å². The van der Waals surface area contributed by atoms with Gasteiger partial charge in [-0.3, -0.25) is 9.88 Å². The molecule has 176 valence electrons. The highest BCUT2D eigenvalue weighted by atomic mass is 19.1. The normalized spacial score (nSPS) is 15.5. The molecule has 0 spiro atoms. The number of hydrogen-bond donors (Lipinski definition) is 1. The first-order valence-corrected chi connectivity index (χ1v) is 11.1. The largest absolute Gasteiger partial charge is 0.383 e. The van der Waals surface area contributed by atoms with E-state index < -0.39 is 6.17 Å². The summed E-state index contributed by atoms with van der Waals surface area (Å²) in [5, 5.41) is 12.7. The molecular weight excluding hydrogens is 435 g/mol. The van der Waals surface area contributed by atoms with Gasteiger partial charge in [-0.15, -0.1) is 0 Å². The van der Waals surface area contributed by atoms with Gasteiger partial charge in [-0.05, 0) is 43.8 Å². The molecule has 0 amide bonds. The second kappa shape index (κ2) is 11.0. The van der Waals surface area contributed by atoms with Crippen molar-refractivity contribution in [1.82, 2.24) is 24.8 Å². The predicted octanol–water partition coefficient (Wildman–Crippen LogP) is 3.18. The lowest BCUT2D eigenvalue weighted by Crippen LogP contribution is -2.22. The van der Waals surface area contributed by atoms with Gasteiger partial charge in [-0.25, -0.2) is 19.3 Å². The number of hydrogen-bond acceptors (Lipinski definition) is 9. The molecule has 10 heteroatoms. The maximum absolute atomic E-state index is 13.6. The number of nitrogens with zero attached hydrogens (tertiary/aromatic N) is 7. The van der Waals surface area contributed by atoms with Crippen molar-refractivity contribution in [3.8, 4) is 17.5 Å². The second-order valence-electron chi connectivity index (χ2n) is 8.17. The zero-order valence-electron chi connectivity index (χ0n) is 19.3. The summed E-state index contributed by atoms with van der Waals surface area (Å²) in [5.74, 6) is 0.397. The summed E-state index contributed by atoms with van der Waals surface area (Å²) in [6.07, 6.45) is 2.97. The standard InChI is InChI=1S/C24H27FN8O/c1-32(11-12-34-2)16-19-4-3-18(14-28-19)29-24-27-9-7-21(31-24)20-5-6-23(22(13-26)30-20)33-10-8-17(25)15-33/h3-7,9,14,17H,8,10-12,15-16H2,1-2H3,(H,27,29,31). The summed E-state index contributed by atoms with van der Waals surface area (Å²) in [4.78, 5) is 21.8. The van der Waals surface area contributed by atoms with Crippen molar-refractivity contribution in [2.24, 2.45) is 0 Å². The van der Waals surface area contributed by atoms with Crippen molar-refractivity contribution in [1.29, 1.82) is 5.26 Å². The van der Waals surface area contributed by atoms with Gasteiger partial charge in [-0.2, -0.15) is 5.26 Å². The molecule has 4 rings (SSSR count). The zero-order chi connectivity index (χ0) is 23.9. The fourth-order valence-corrected chi connectivity index (χ4v) is 3.75. The van der Waals surface area contributed by atoms with E-state index in [2.05, 4.69) is 36.2 Å². The van der Waals surface area contributed by atoms with E-state index in [1.54, 1.807) is 37.7 Å². The van der Waals surface area contributed by atoms with Gasteiger partial charge >= 0.3 is 0 Å². The molecule has 34 heavy (non-hydrogen) atoms. The molecule has 1 aliphatic heterocycles. The highest BCUT2D eigenvalue weighted by Crippen LogP contribution is 2.27. The van der Waals surface area contributed by atoms with E-state index in [-0.39, 0.29) is 12.2 Å². The number of ether oxygens (including phenoxy) is 1. The SMILES string of the molecule is COCCN(C)Cc1ccc(Nc2nccc(-c3ccc(N4CCC(F)C4)c(C#N)n3)n2)cn1. The Hall–Kier alpha value is -3.68. The first kappa shape index (κ1) is 23.5. The summed E-state index contributed by atoms with van der Waals surface area (Å²) in [5.41, 5.74) is 3.75. The Morgan fingerprint density at radius 1 is 1.21 bits per heavy atom. The molecule has 1 aliphatic rings. The molecule has 1 unspecified atom stereocenters. The van der Waals surface area contributed by atoms with Crippen molar-refractivity contribution in [3.63, 3.8) is 0 Å². The third-order valence-electron chi connectivity index (χ3n) is 5.56. The van der Waals surface area contributed by atoms with Crippen LogP contribution >= 0.6 is 0 Å². The third-order valence-corrected chi connectivity index (χ3v) is 5.56. The molecule has 0 radical (unpaired) electrons. The van der Waals surface area contributed by atoms with Gasteiger partial charge in [0.1, 0.15) is 12.2 Å². The van der Waals surface area contributed by atoms with E-state index in [1.807, 2.05) is 24.1 Å². The van der Waals surface area contributed by atoms with Crippen molar-refractivity contribution in [3.05, 3.63) is 54.1 Å². The van der Waals surface area contributed by atoms with Crippen molar-refractivity contribution in [2.45, 2.75) is 19.1 Å². The van der Waals surface area contributed by atoms with E-state index in [4.69, 9.17) is 4.74 Å². The van der Waals surface area contributed by atoms with E-state index in [0.29, 0.717) is 42.6 Å². The number of methoxy groups -OCH3 is 1. The topological polar surface area (TPSA) is 103 Å². The Bertz CT molecular complexity index is 1150. The Labute approximate surface area is 198 Å². The first-order valence-electron chi connectivity index (χ1n) is 11.1. The number of pyridine rings is 2. The number of halogens is 1. The van der Waals surface area contributed by atoms with Gasteiger partial charge in [0.15, 0.2) is 5.69 Å². The minimum absolute atomic E-state index is 0.259. The molecular formula is C24H27FN8O. The maximum atomic E-state index is 13.6. The van der Waals surface area contributed by atoms with Gasteiger partial charge < -0.3 is 15.0 Å². The summed E-state index contributed by atoms with van der Waals surface area (Å²) in [6, 6.07) is 11.3. The first-order chi connectivity index (χ1) is 16.6. The number of alkyl halides is 1. The minimum atomic E-state index is -0.873. The van der Waals surface area contributed by atoms with Crippen LogP contribution in [0.2, 0.25) is 0 Å². The van der Waals surface area contributed by atoms with Crippen LogP contribution in [0.4, 0.5) is 21.7 Å². The number of rotatable bonds is 9. The average molecular weight is 463 g/mol. The van der Waals surface area contributed by atoms with Gasteiger partial charge in [0, 0.05) is 39.5 Å². The summed E-state index contributed by atoms with van der Waals surface area (Å²) in [7, 11) is 3.71. The zero-order valence-corrected chi connectivity index (χ0v) is 19.3. The maximum Gasteiger partial charge on any atom is 0.227 e. The van der Waals surface area contributed by atoms with Crippen LogP contribution < -0.4 is 10.2 Å². The number of likely N-dealkylation sites (N-methyl/N-ethyl adjacent to an activating group) is 1. The van der Waals surface area contributed by atoms with Crippen molar-refractivity contribution < 1.29 is 9.13 Å². The van der Waals surface area contributed by atoms with Gasteiger partial charge in [-0.1, -0.05) is 0 Å². The highest BCUT2D eigenvalue weighted by Gasteiger charge is 2.24. The predicted molar refractivity (Wildman–Crippen MR) is 127 cm³/mol. The summed E-state index contributed by atoms with van der Waals surface area (Å²) in [6.45, 7) is 3.09.